The Morgan fingerprint density at radius 3 is 2.54 bits per heavy atom. The minimum atomic E-state index is -0.0358. The lowest BCUT2D eigenvalue weighted by atomic mass is 9.95. The molecule has 1 fully saturated rings. The highest BCUT2D eigenvalue weighted by atomic mass is 35.5. The van der Waals surface area contributed by atoms with Crippen LogP contribution in [-0.2, 0) is 11.2 Å². The number of anilines is 1. The number of nitrogens with zero attached hydrogens (tertiary/aromatic N) is 2. The van der Waals surface area contributed by atoms with Crippen molar-refractivity contribution in [3.8, 4) is 0 Å². The molecule has 1 atom stereocenters. The SMILES string of the molecule is CC(N)CC(=O)N1CCC(CN2CCc3ccccc32)CC1.Cl.Cl. The molecule has 0 aromatic heterocycles. The van der Waals surface area contributed by atoms with Crippen molar-refractivity contribution in [1.82, 2.24) is 4.90 Å². The smallest absolute Gasteiger partial charge is 0.224 e. The van der Waals surface area contributed by atoms with E-state index in [0.717, 1.165) is 39.0 Å². The van der Waals surface area contributed by atoms with Crippen LogP contribution < -0.4 is 10.6 Å². The summed E-state index contributed by atoms with van der Waals surface area (Å²) in [7, 11) is 0. The molecule has 3 rings (SSSR count). The predicted molar refractivity (Wildman–Crippen MR) is 104 cm³/mol. The topological polar surface area (TPSA) is 49.6 Å². The van der Waals surface area contributed by atoms with Gasteiger partial charge in [-0.05, 0) is 43.7 Å². The molecule has 1 saturated heterocycles. The molecule has 0 radical (unpaired) electrons. The van der Waals surface area contributed by atoms with Crippen LogP contribution in [0.5, 0.6) is 0 Å². The number of carbonyl (C=O) groups excluding carboxylic acids is 1. The first-order valence-electron chi connectivity index (χ1n) is 8.49. The number of likely N-dealkylation sites (tertiary alicyclic amines) is 1. The van der Waals surface area contributed by atoms with E-state index in [1.807, 2.05) is 11.8 Å². The molecule has 2 N–H and O–H groups in total. The van der Waals surface area contributed by atoms with Gasteiger partial charge in [0.1, 0.15) is 0 Å². The molecule has 136 valence electrons. The highest BCUT2D eigenvalue weighted by Gasteiger charge is 2.26. The van der Waals surface area contributed by atoms with Gasteiger partial charge < -0.3 is 15.5 Å². The Kier molecular flexibility index (Phi) is 8.34. The Labute approximate surface area is 157 Å². The summed E-state index contributed by atoms with van der Waals surface area (Å²) < 4.78 is 0. The Hall–Kier alpha value is -0.970. The number of hydrogen-bond acceptors (Lipinski definition) is 3. The zero-order valence-corrected chi connectivity index (χ0v) is 16.0. The zero-order valence-electron chi connectivity index (χ0n) is 14.3. The van der Waals surface area contributed by atoms with Crippen molar-refractivity contribution in [2.75, 3.05) is 31.1 Å². The summed E-state index contributed by atoms with van der Waals surface area (Å²) in [5.74, 6) is 0.922. The highest BCUT2D eigenvalue weighted by Crippen LogP contribution is 2.30. The van der Waals surface area contributed by atoms with E-state index < -0.39 is 0 Å². The van der Waals surface area contributed by atoms with E-state index >= 15 is 0 Å². The van der Waals surface area contributed by atoms with Gasteiger partial charge in [0.2, 0.25) is 5.91 Å². The van der Waals surface area contributed by atoms with Gasteiger partial charge in [-0.3, -0.25) is 4.79 Å². The van der Waals surface area contributed by atoms with Gasteiger partial charge in [0, 0.05) is 44.3 Å². The second-order valence-corrected chi connectivity index (χ2v) is 6.83. The highest BCUT2D eigenvalue weighted by molar-refractivity contribution is 5.85. The molecule has 0 bridgehead atoms. The van der Waals surface area contributed by atoms with Crippen LogP contribution >= 0.6 is 24.8 Å². The number of amides is 1. The Morgan fingerprint density at radius 1 is 1.21 bits per heavy atom. The van der Waals surface area contributed by atoms with E-state index in [1.165, 1.54) is 17.7 Å². The normalized spacial score (nSPS) is 18.4. The van der Waals surface area contributed by atoms with Gasteiger partial charge in [-0.2, -0.15) is 0 Å². The van der Waals surface area contributed by atoms with Gasteiger partial charge in [0.15, 0.2) is 0 Å². The number of hydrogen-bond donors (Lipinski definition) is 1. The van der Waals surface area contributed by atoms with Crippen LogP contribution in [-0.4, -0.2) is 43.0 Å². The summed E-state index contributed by atoms with van der Waals surface area (Å²) >= 11 is 0. The second kappa shape index (κ2) is 9.50. The summed E-state index contributed by atoms with van der Waals surface area (Å²) in [5, 5.41) is 0. The van der Waals surface area contributed by atoms with Crippen molar-refractivity contribution in [2.24, 2.45) is 11.7 Å². The number of fused-ring (bicyclic) bond motifs is 1. The first kappa shape index (κ1) is 21.1. The van der Waals surface area contributed by atoms with Crippen molar-refractivity contribution in [2.45, 2.75) is 38.6 Å². The fraction of sp³-hybridized carbons (Fsp3) is 0.611. The van der Waals surface area contributed by atoms with E-state index in [1.54, 1.807) is 0 Å². The average molecular weight is 374 g/mol. The van der Waals surface area contributed by atoms with Crippen LogP contribution in [0, 0.1) is 5.92 Å². The Morgan fingerprint density at radius 2 is 1.88 bits per heavy atom. The Bertz CT molecular complexity index is 531. The van der Waals surface area contributed by atoms with Crippen LogP contribution in [0.1, 0.15) is 31.7 Å². The molecule has 6 heteroatoms. The monoisotopic (exact) mass is 373 g/mol. The first-order valence-corrected chi connectivity index (χ1v) is 8.49. The minimum absolute atomic E-state index is 0. The number of halogens is 2. The van der Waals surface area contributed by atoms with Crippen molar-refractivity contribution in [1.29, 1.82) is 0 Å². The molecular weight excluding hydrogens is 345 g/mol. The van der Waals surface area contributed by atoms with Gasteiger partial charge in [-0.15, -0.1) is 24.8 Å². The zero-order chi connectivity index (χ0) is 15.5. The third-order valence-corrected chi connectivity index (χ3v) is 4.93. The summed E-state index contributed by atoms with van der Waals surface area (Å²) in [6.45, 7) is 5.96. The molecule has 1 aromatic carbocycles. The average Bonchev–Trinajstić information content (AvgIpc) is 2.91. The minimum Gasteiger partial charge on any atom is -0.371 e. The summed E-state index contributed by atoms with van der Waals surface area (Å²) in [4.78, 5) is 16.6. The van der Waals surface area contributed by atoms with Crippen LogP contribution in [0.15, 0.2) is 24.3 Å². The van der Waals surface area contributed by atoms with Gasteiger partial charge in [-0.25, -0.2) is 0 Å². The van der Waals surface area contributed by atoms with Crippen molar-refractivity contribution >= 4 is 36.4 Å². The number of para-hydroxylation sites is 1. The molecular formula is C18H29Cl2N3O. The molecule has 1 aromatic rings. The lowest BCUT2D eigenvalue weighted by Crippen LogP contribution is -2.42. The lowest BCUT2D eigenvalue weighted by Gasteiger charge is -2.35. The number of benzene rings is 1. The van der Waals surface area contributed by atoms with Gasteiger partial charge in [0.05, 0.1) is 0 Å². The van der Waals surface area contributed by atoms with E-state index in [4.69, 9.17) is 5.73 Å². The van der Waals surface area contributed by atoms with Crippen molar-refractivity contribution < 1.29 is 4.79 Å². The van der Waals surface area contributed by atoms with E-state index in [9.17, 15) is 4.79 Å². The van der Waals surface area contributed by atoms with E-state index in [-0.39, 0.29) is 36.8 Å². The van der Waals surface area contributed by atoms with Crippen molar-refractivity contribution in [3.05, 3.63) is 29.8 Å². The molecule has 4 nitrogen and oxygen atoms in total. The lowest BCUT2D eigenvalue weighted by molar-refractivity contribution is -0.132. The maximum Gasteiger partial charge on any atom is 0.224 e. The van der Waals surface area contributed by atoms with Gasteiger partial charge in [0.25, 0.3) is 0 Å². The van der Waals surface area contributed by atoms with Crippen LogP contribution in [0.2, 0.25) is 0 Å². The molecule has 0 aliphatic carbocycles. The van der Waals surface area contributed by atoms with Gasteiger partial charge in [-0.1, -0.05) is 18.2 Å². The molecule has 0 spiro atoms. The molecule has 2 aliphatic rings. The third-order valence-electron chi connectivity index (χ3n) is 4.93. The maximum absolute atomic E-state index is 12.1. The number of nitrogens with two attached hydrogens (primary N) is 1. The molecule has 2 heterocycles. The van der Waals surface area contributed by atoms with Crippen LogP contribution in [0.4, 0.5) is 5.69 Å². The van der Waals surface area contributed by atoms with Gasteiger partial charge >= 0.3 is 0 Å². The molecule has 24 heavy (non-hydrogen) atoms. The standard InChI is InChI=1S/C18H27N3O.2ClH/c1-14(19)12-18(22)20-9-6-15(7-10-20)13-21-11-8-16-4-2-3-5-17(16)21;;/h2-5,14-15H,6-13,19H2,1H3;2*1H. The predicted octanol–water partition coefficient (Wildman–Crippen LogP) is 2.87. The quantitative estimate of drug-likeness (QED) is 0.882. The van der Waals surface area contributed by atoms with Crippen LogP contribution in [0.25, 0.3) is 0 Å². The number of carbonyl (C=O) groups is 1. The molecule has 0 saturated carbocycles. The summed E-state index contributed by atoms with van der Waals surface area (Å²) in [5.41, 5.74) is 8.62. The molecule has 1 amide bonds. The van der Waals surface area contributed by atoms with E-state index in [2.05, 4.69) is 29.2 Å². The number of piperidine rings is 1. The largest absolute Gasteiger partial charge is 0.371 e. The summed E-state index contributed by atoms with van der Waals surface area (Å²) in [6, 6.07) is 8.71. The van der Waals surface area contributed by atoms with Crippen molar-refractivity contribution in [3.63, 3.8) is 0 Å². The first-order chi connectivity index (χ1) is 10.6. The van der Waals surface area contributed by atoms with E-state index in [0.29, 0.717) is 12.3 Å². The fourth-order valence-electron chi connectivity index (χ4n) is 3.68. The Balaban J connectivity index is 0.00000144. The number of rotatable bonds is 4. The molecule has 2 aliphatic heterocycles. The fourth-order valence-corrected chi connectivity index (χ4v) is 3.68. The maximum atomic E-state index is 12.1. The summed E-state index contributed by atoms with van der Waals surface area (Å²) in [6.07, 6.45) is 3.87. The third kappa shape index (κ3) is 5.01. The second-order valence-electron chi connectivity index (χ2n) is 6.83. The molecule has 1 unspecified atom stereocenters. The van der Waals surface area contributed by atoms with Crippen LogP contribution in [0.3, 0.4) is 0 Å².